The Morgan fingerprint density at radius 2 is 2.20 bits per heavy atom. The maximum absolute atomic E-state index is 11.4. The Kier molecular flexibility index (Phi) is 2.25. The van der Waals surface area contributed by atoms with Crippen LogP contribution in [0.25, 0.3) is 10.8 Å². The van der Waals surface area contributed by atoms with Crippen molar-refractivity contribution in [2.45, 2.75) is 0 Å². The summed E-state index contributed by atoms with van der Waals surface area (Å²) in [5, 5.41) is 10.8. The predicted molar refractivity (Wildman–Crippen MR) is 52.7 cm³/mol. The minimum Gasteiger partial charge on any atom is -0.465 e. The van der Waals surface area contributed by atoms with Gasteiger partial charge in [0.1, 0.15) is 0 Å². The molecule has 0 saturated carbocycles. The number of aromatic nitrogens is 1. The van der Waals surface area contributed by atoms with Crippen molar-refractivity contribution in [3.8, 4) is 0 Å². The summed E-state index contributed by atoms with van der Waals surface area (Å²) in [5.74, 6) is -0.378. The molecule has 0 fully saturated rings. The molecule has 0 aliphatic carbocycles. The van der Waals surface area contributed by atoms with Crippen molar-refractivity contribution in [2.24, 2.45) is 0 Å². The molecule has 2 rings (SSSR count). The lowest BCUT2D eigenvalue weighted by Gasteiger charge is -2.01. The summed E-state index contributed by atoms with van der Waals surface area (Å²) in [7, 11) is 1.34. The van der Waals surface area contributed by atoms with Crippen LogP contribution in [-0.4, -0.2) is 18.3 Å². The van der Waals surface area contributed by atoms with Gasteiger partial charge in [0.25, 0.3) is 0 Å². The van der Waals surface area contributed by atoms with Crippen LogP contribution in [0.4, 0.5) is 0 Å². The number of esters is 1. The molecule has 0 spiro atoms. The van der Waals surface area contributed by atoms with Gasteiger partial charge in [-0.1, -0.05) is 6.07 Å². The van der Waals surface area contributed by atoms with Crippen LogP contribution in [0.1, 0.15) is 10.4 Å². The number of rotatable bonds is 1. The fraction of sp³-hybridized carbons (Fsp3) is 0.0909. The number of ether oxygens (including phenoxy) is 1. The van der Waals surface area contributed by atoms with Crippen molar-refractivity contribution in [3.05, 3.63) is 42.2 Å². The molecule has 2 aromatic rings. The number of carbonyl (C=O) groups excluding carboxylic acids is 1. The van der Waals surface area contributed by atoms with Crippen LogP contribution >= 0.6 is 0 Å². The second kappa shape index (κ2) is 3.57. The van der Waals surface area contributed by atoms with Crippen LogP contribution in [0.5, 0.6) is 0 Å². The topological polar surface area (TPSA) is 50.4 Å². The van der Waals surface area contributed by atoms with E-state index in [4.69, 9.17) is 0 Å². The van der Waals surface area contributed by atoms with Gasteiger partial charge < -0.3 is 4.74 Å². The Balaban J connectivity index is 2.71. The van der Waals surface area contributed by atoms with Crippen molar-refractivity contribution in [2.75, 3.05) is 7.11 Å². The highest BCUT2D eigenvalue weighted by atomic mass is 16.5. The first kappa shape index (κ1) is 9.45. The second-order valence-corrected chi connectivity index (χ2v) is 3.12. The number of fused-ring (bicyclic) bond motifs is 1. The first-order valence-electron chi connectivity index (χ1n) is 4.44. The fourth-order valence-electron chi connectivity index (χ4n) is 1.51. The molecule has 0 aliphatic heterocycles. The summed E-state index contributed by atoms with van der Waals surface area (Å²) in [6.45, 7) is 0. The lowest BCUT2D eigenvalue weighted by atomic mass is 10.1. The van der Waals surface area contributed by atoms with Gasteiger partial charge >= 0.3 is 5.97 Å². The number of pyridine rings is 1. The molecule has 0 amide bonds. The summed E-state index contributed by atoms with van der Waals surface area (Å²) in [5.41, 5.74) is 0.496. The number of carbonyl (C=O) groups is 1. The third-order valence-corrected chi connectivity index (χ3v) is 2.21. The standard InChI is InChI=1S/C11H10NO3/c1-15-11(13)10-4-2-3-8-7-12(14)6-5-9(8)10/h2-7,14H,1H3/q+1. The molecule has 76 valence electrons. The van der Waals surface area contributed by atoms with Crippen LogP contribution in [0.2, 0.25) is 0 Å². The van der Waals surface area contributed by atoms with Crippen molar-refractivity contribution in [1.29, 1.82) is 0 Å². The maximum Gasteiger partial charge on any atom is 0.338 e. The molecule has 15 heavy (non-hydrogen) atoms. The predicted octanol–water partition coefficient (Wildman–Crippen LogP) is 1.15. The number of hydrogen-bond donors (Lipinski definition) is 1. The van der Waals surface area contributed by atoms with E-state index >= 15 is 0 Å². The van der Waals surface area contributed by atoms with E-state index in [2.05, 4.69) is 4.74 Å². The summed E-state index contributed by atoms with van der Waals surface area (Å²) < 4.78 is 5.61. The van der Waals surface area contributed by atoms with Crippen molar-refractivity contribution in [3.63, 3.8) is 0 Å². The first-order valence-corrected chi connectivity index (χ1v) is 4.44. The summed E-state index contributed by atoms with van der Waals surface area (Å²) in [6.07, 6.45) is 3.00. The summed E-state index contributed by atoms with van der Waals surface area (Å²) in [4.78, 5) is 11.4. The molecule has 1 aromatic carbocycles. The van der Waals surface area contributed by atoms with Crippen LogP contribution in [-0.2, 0) is 4.74 Å². The average Bonchev–Trinajstić information content (AvgIpc) is 2.26. The summed E-state index contributed by atoms with van der Waals surface area (Å²) >= 11 is 0. The maximum atomic E-state index is 11.4. The largest absolute Gasteiger partial charge is 0.465 e. The zero-order valence-corrected chi connectivity index (χ0v) is 8.18. The van der Waals surface area contributed by atoms with E-state index in [0.29, 0.717) is 5.56 Å². The molecule has 4 nitrogen and oxygen atoms in total. The van der Waals surface area contributed by atoms with Crippen LogP contribution in [0.3, 0.4) is 0 Å². The molecule has 0 aliphatic rings. The quantitative estimate of drug-likeness (QED) is 0.430. The molecule has 0 bridgehead atoms. The molecule has 0 saturated heterocycles. The van der Waals surface area contributed by atoms with E-state index in [0.717, 1.165) is 15.5 Å². The molecular weight excluding hydrogens is 194 g/mol. The van der Waals surface area contributed by atoms with Gasteiger partial charge in [0.2, 0.25) is 12.4 Å². The third kappa shape index (κ3) is 1.61. The van der Waals surface area contributed by atoms with Gasteiger partial charge in [-0.25, -0.2) is 4.79 Å². The second-order valence-electron chi connectivity index (χ2n) is 3.12. The lowest BCUT2D eigenvalue weighted by Crippen LogP contribution is -2.28. The van der Waals surface area contributed by atoms with Gasteiger partial charge in [-0.05, 0) is 12.1 Å². The fourth-order valence-corrected chi connectivity index (χ4v) is 1.51. The normalized spacial score (nSPS) is 10.2. The molecular formula is C11H10NO3+. The number of benzene rings is 1. The summed E-state index contributed by atoms with van der Waals surface area (Å²) in [6, 6.07) is 6.92. The van der Waals surface area contributed by atoms with Gasteiger partial charge in [0.15, 0.2) is 0 Å². The SMILES string of the molecule is COC(=O)c1cccc2c[n+](O)ccc12. The average molecular weight is 204 g/mol. The van der Waals surface area contributed by atoms with Crippen LogP contribution < -0.4 is 4.73 Å². The number of nitrogens with zero attached hydrogens (tertiary/aromatic N) is 1. The minimum absolute atomic E-state index is 0.378. The molecule has 1 aromatic heterocycles. The van der Waals surface area contributed by atoms with Gasteiger partial charge in [-0.15, -0.1) is 0 Å². The Morgan fingerprint density at radius 1 is 1.40 bits per heavy atom. The van der Waals surface area contributed by atoms with E-state index < -0.39 is 0 Å². The van der Waals surface area contributed by atoms with E-state index in [1.807, 2.05) is 6.07 Å². The van der Waals surface area contributed by atoms with E-state index in [1.165, 1.54) is 19.5 Å². The number of methoxy groups -OCH3 is 1. The van der Waals surface area contributed by atoms with Crippen LogP contribution in [0.15, 0.2) is 36.7 Å². The van der Waals surface area contributed by atoms with E-state index in [1.54, 1.807) is 18.2 Å². The van der Waals surface area contributed by atoms with Crippen LogP contribution in [0, 0.1) is 0 Å². The highest BCUT2D eigenvalue weighted by Gasteiger charge is 2.11. The van der Waals surface area contributed by atoms with E-state index in [-0.39, 0.29) is 5.97 Å². The Morgan fingerprint density at radius 3 is 2.93 bits per heavy atom. The van der Waals surface area contributed by atoms with Gasteiger partial charge in [-0.3, -0.25) is 5.21 Å². The molecule has 0 atom stereocenters. The third-order valence-electron chi connectivity index (χ3n) is 2.21. The molecule has 0 unspecified atom stereocenters. The van der Waals surface area contributed by atoms with Crippen molar-refractivity contribution < 1.29 is 19.5 Å². The highest BCUT2D eigenvalue weighted by Crippen LogP contribution is 2.17. The number of hydrogen-bond acceptors (Lipinski definition) is 3. The Labute approximate surface area is 86.3 Å². The van der Waals surface area contributed by atoms with Crippen molar-refractivity contribution >= 4 is 16.7 Å². The minimum atomic E-state index is -0.378. The van der Waals surface area contributed by atoms with Gasteiger partial charge in [0, 0.05) is 16.2 Å². The smallest absolute Gasteiger partial charge is 0.338 e. The zero-order chi connectivity index (χ0) is 10.8. The highest BCUT2D eigenvalue weighted by molar-refractivity contribution is 6.03. The first-order chi connectivity index (χ1) is 7.22. The Bertz CT molecular complexity index is 522. The Hall–Kier alpha value is -2.10. The van der Waals surface area contributed by atoms with E-state index in [9.17, 15) is 10.0 Å². The monoisotopic (exact) mass is 204 g/mol. The molecule has 1 heterocycles. The molecule has 1 N–H and O–H groups in total. The van der Waals surface area contributed by atoms with Gasteiger partial charge in [-0.2, -0.15) is 0 Å². The molecule has 4 heteroatoms. The zero-order valence-electron chi connectivity index (χ0n) is 8.18. The lowest BCUT2D eigenvalue weighted by molar-refractivity contribution is -0.903. The molecule has 0 radical (unpaired) electrons. The van der Waals surface area contributed by atoms with Crippen molar-refractivity contribution in [1.82, 2.24) is 0 Å². The van der Waals surface area contributed by atoms with Gasteiger partial charge in [0.05, 0.1) is 18.1 Å².